The standard InChI is InChI=1S/C15H16N2O6S/c1-9-8-13(17-23-9)16-14(18)10(2)22-15(19)11-6-4-5-7-12(11)24(3,20)21/h4-8,10H,1-3H3,(H,16,17,18)/t10-/m1/s1. The largest absolute Gasteiger partial charge is 0.449 e. The molecular formula is C15H16N2O6S. The number of hydrogen-bond donors (Lipinski definition) is 1. The van der Waals surface area contributed by atoms with Crippen LogP contribution in [0.2, 0.25) is 0 Å². The molecule has 8 nitrogen and oxygen atoms in total. The van der Waals surface area contributed by atoms with Gasteiger partial charge in [0, 0.05) is 12.3 Å². The molecule has 2 aromatic rings. The Labute approximate surface area is 138 Å². The Hall–Kier alpha value is -2.68. The van der Waals surface area contributed by atoms with E-state index in [0.717, 1.165) is 6.26 Å². The van der Waals surface area contributed by atoms with Gasteiger partial charge in [0.05, 0.1) is 10.5 Å². The predicted molar refractivity (Wildman–Crippen MR) is 84.3 cm³/mol. The summed E-state index contributed by atoms with van der Waals surface area (Å²) in [6.07, 6.45) is -0.163. The van der Waals surface area contributed by atoms with Gasteiger partial charge >= 0.3 is 5.97 Å². The van der Waals surface area contributed by atoms with Gasteiger partial charge in [0.1, 0.15) is 5.76 Å². The fraction of sp³-hybridized carbons (Fsp3) is 0.267. The minimum atomic E-state index is -3.60. The van der Waals surface area contributed by atoms with E-state index in [2.05, 4.69) is 10.5 Å². The summed E-state index contributed by atoms with van der Waals surface area (Å²) >= 11 is 0. The Bertz CT molecular complexity index is 872. The summed E-state index contributed by atoms with van der Waals surface area (Å²) < 4.78 is 33.3. The lowest BCUT2D eigenvalue weighted by Gasteiger charge is -2.13. The smallest absolute Gasteiger partial charge is 0.340 e. The van der Waals surface area contributed by atoms with Gasteiger partial charge in [0.25, 0.3) is 5.91 Å². The zero-order valence-electron chi connectivity index (χ0n) is 13.3. The van der Waals surface area contributed by atoms with E-state index in [-0.39, 0.29) is 16.3 Å². The Balaban J connectivity index is 2.11. The van der Waals surface area contributed by atoms with Gasteiger partial charge in [-0.3, -0.25) is 4.79 Å². The molecule has 0 aliphatic heterocycles. The van der Waals surface area contributed by atoms with Crippen molar-refractivity contribution in [2.24, 2.45) is 0 Å². The minimum Gasteiger partial charge on any atom is -0.449 e. The second-order valence-electron chi connectivity index (χ2n) is 5.13. The molecule has 0 aliphatic carbocycles. The van der Waals surface area contributed by atoms with Gasteiger partial charge in [-0.2, -0.15) is 0 Å². The summed E-state index contributed by atoms with van der Waals surface area (Å²) in [4.78, 5) is 24.0. The zero-order valence-corrected chi connectivity index (χ0v) is 14.1. The Morgan fingerprint density at radius 1 is 1.29 bits per heavy atom. The Kier molecular flexibility index (Phi) is 5.03. The molecular weight excluding hydrogens is 336 g/mol. The average Bonchev–Trinajstić information content (AvgIpc) is 2.91. The number of nitrogens with zero attached hydrogens (tertiary/aromatic N) is 1. The molecule has 0 aliphatic rings. The first kappa shape index (κ1) is 17.7. The molecule has 1 amide bonds. The van der Waals surface area contributed by atoms with Crippen LogP contribution in [0.25, 0.3) is 0 Å². The third-order valence-corrected chi connectivity index (χ3v) is 4.19. The number of amides is 1. The number of hydrogen-bond acceptors (Lipinski definition) is 7. The van der Waals surface area contributed by atoms with Crippen LogP contribution < -0.4 is 5.32 Å². The lowest BCUT2D eigenvalue weighted by atomic mass is 10.2. The first-order valence-electron chi connectivity index (χ1n) is 6.92. The second kappa shape index (κ2) is 6.83. The molecule has 0 saturated heterocycles. The first-order valence-corrected chi connectivity index (χ1v) is 8.82. The van der Waals surface area contributed by atoms with Crippen molar-refractivity contribution >= 4 is 27.5 Å². The number of ether oxygens (including phenoxy) is 1. The molecule has 0 fully saturated rings. The number of esters is 1. The monoisotopic (exact) mass is 352 g/mol. The van der Waals surface area contributed by atoms with E-state index in [4.69, 9.17) is 9.26 Å². The molecule has 1 atom stereocenters. The average molecular weight is 352 g/mol. The van der Waals surface area contributed by atoms with Gasteiger partial charge in [-0.15, -0.1) is 0 Å². The molecule has 1 heterocycles. The van der Waals surface area contributed by atoms with Crippen molar-refractivity contribution in [1.82, 2.24) is 5.16 Å². The van der Waals surface area contributed by atoms with Crippen LogP contribution in [0.3, 0.4) is 0 Å². The molecule has 1 aromatic heterocycles. The van der Waals surface area contributed by atoms with Crippen LogP contribution in [0, 0.1) is 6.92 Å². The number of aromatic nitrogens is 1. The summed E-state index contributed by atoms with van der Waals surface area (Å²) in [5.41, 5.74) is -0.128. The molecule has 0 saturated carbocycles. The van der Waals surface area contributed by atoms with Crippen LogP contribution in [0.5, 0.6) is 0 Å². The molecule has 1 aromatic carbocycles. The quantitative estimate of drug-likeness (QED) is 0.812. The molecule has 0 bridgehead atoms. The summed E-state index contributed by atoms with van der Waals surface area (Å²) in [5.74, 6) is -0.822. The maximum Gasteiger partial charge on any atom is 0.340 e. The Morgan fingerprint density at radius 2 is 1.96 bits per heavy atom. The highest BCUT2D eigenvalue weighted by Gasteiger charge is 2.24. The molecule has 2 rings (SSSR count). The number of carbonyl (C=O) groups is 2. The van der Waals surface area contributed by atoms with Crippen LogP contribution in [-0.4, -0.2) is 37.8 Å². The van der Waals surface area contributed by atoms with Crippen LogP contribution in [-0.2, 0) is 19.4 Å². The maximum atomic E-state index is 12.2. The normalized spacial score (nSPS) is 12.5. The molecule has 0 spiro atoms. The summed E-state index contributed by atoms with van der Waals surface area (Å²) in [7, 11) is -3.60. The number of carbonyl (C=O) groups excluding carboxylic acids is 2. The number of benzene rings is 1. The fourth-order valence-electron chi connectivity index (χ4n) is 1.89. The van der Waals surface area contributed by atoms with Crippen molar-refractivity contribution < 1.29 is 27.3 Å². The van der Waals surface area contributed by atoms with E-state index in [1.54, 1.807) is 6.92 Å². The van der Waals surface area contributed by atoms with E-state index in [0.29, 0.717) is 5.76 Å². The Morgan fingerprint density at radius 3 is 2.54 bits per heavy atom. The zero-order chi connectivity index (χ0) is 17.9. The van der Waals surface area contributed by atoms with Gasteiger partial charge < -0.3 is 14.6 Å². The van der Waals surface area contributed by atoms with Crippen molar-refractivity contribution in [3.05, 3.63) is 41.7 Å². The highest BCUT2D eigenvalue weighted by Crippen LogP contribution is 2.17. The van der Waals surface area contributed by atoms with Gasteiger partial charge in [-0.05, 0) is 26.0 Å². The highest BCUT2D eigenvalue weighted by molar-refractivity contribution is 7.90. The molecule has 1 N–H and O–H groups in total. The lowest BCUT2D eigenvalue weighted by Crippen LogP contribution is -2.30. The second-order valence-corrected chi connectivity index (χ2v) is 7.11. The molecule has 0 unspecified atom stereocenters. The SMILES string of the molecule is Cc1cc(NC(=O)[C@@H](C)OC(=O)c2ccccc2S(C)(=O)=O)no1. The van der Waals surface area contributed by atoms with E-state index < -0.39 is 27.8 Å². The van der Waals surface area contributed by atoms with Gasteiger partial charge in [-0.1, -0.05) is 17.3 Å². The number of rotatable bonds is 5. The van der Waals surface area contributed by atoms with E-state index >= 15 is 0 Å². The number of sulfone groups is 1. The van der Waals surface area contributed by atoms with Gasteiger partial charge in [-0.25, -0.2) is 13.2 Å². The van der Waals surface area contributed by atoms with E-state index in [9.17, 15) is 18.0 Å². The topological polar surface area (TPSA) is 116 Å². The predicted octanol–water partition coefficient (Wildman–Crippen LogP) is 1.57. The van der Waals surface area contributed by atoms with Gasteiger partial charge in [0.15, 0.2) is 21.8 Å². The van der Waals surface area contributed by atoms with E-state index in [1.807, 2.05) is 0 Å². The number of aryl methyl sites for hydroxylation is 1. The van der Waals surface area contributed by atoms with Crippen LogP contribution in [0.15, 0.2) is 39.8 Å². The molecule has 0 radical (unpaired) electrons. The van der Waals surface area contributed by atoms with E-state index in [1.165, 1.54) is 37.3 Å². The van der Waals surface area contributed by atoms with Crippen molar-refractivity contribution in [2.45, 2.75) is 24.8 Å². The summed E-state index contributed by atoms with van der Waals surface area (Å²) in [5, 5.41) is 6.02. The van der Waals surface area contributed by atoms with Crippen molar-refractivity contribution in [3.8, 4) is 0 Å². The minimum absolute atomic E-state index is 0.128. The van der Waals surface area contributed by atoms with Gasteiger partial charge in [0.2, 0.25) is 0 Å². The van der Waals surface area contributed by atoms with Crippen molar-refractivity contribution in [1.29, 1.82) is 0 Å². The highest BCUT2D eigenvalue weighted by atomic mass is 32.2. The number of nitrogens with one attached hydrogen (secondary N) is 1. The number of anilines is 1. The van der Waals surface area contributed by atoms with Crippen LogP contribution >= 0.6 is 0 Å². The third kappa shape index (κ3) is 4.19. The molecule has 128 valence electrons. The van der Waals surface area contributed by atoms with Crippen LogP contribution in [0.4, 0.5) is 5.82 Å². The summed E-state index contributed by atoms with van der Waals surface area (Å²) in [6.45, 7) is 3.03. The fourth-order valence-corrected chi connectivity index (χ4v) is 2.77. The molecule has 9 heteroatoms. The first-order chi connectivity index (χ1) is 11.2. The van der Waals surface area contributed by atoms with Crippen LogP contribution in [0.1, 0.15) is 23.0 Å². The molecule has 24 heavy (non-hydrogen) atoms. The maximum absolute atomic E-state index is 12.2. The lowest BCUT2D eigenvalue weighted by molar-refractivity contribution is -0.123. The van der Waals surface area contributed by atoms with Crippen molar-refractivity contribution in [2.75, 3.05) is 11.6 Å². The third-order valence-electron chi connectivity index (χ3n) is 3.04. The van der Waals surface area contributed by atoms with Crippen molar-refractivity contribution in [3.63, 3.8) is 0 Å². The summed E-state index contributed by atoms with van der Waals surface area (Å²) in [6, 6.07) is 7.13.